The minimum absolute atomic E-state index is 0.0728. The van der Waals surface area contributed by atoms with Crippen LogP contribution in [0.5, 0.6) is 0 Å². The molecule has 0 aromatic carbocycles. The third kappa shape index (κ3) is 6.39. The molecule has 5 nitrogen and oxygen atoms in total. The number of rotatable bonds is 4. The van der Waals surface area contributed by atoms with Crippen molar-refractivity contribution in [3.05, 3.63) is 15.8 Å². The van der Waals surface area contributed by atoms with Gasteiger partial charge in [0.1, 0.15) is 10.3 Å². The molecule has 0 aliphatic heterocycles. The largest absolute Gasteiger partial charge is 0.465 e. The number of hydrogen-bond acceptors (Lipinski definition) is 5. The zero-order valence-electron chi connectivity index (χ0n) is 20.7. The fourth-order valence-electron chi connectivity index (χ4n) is 4.67. The van der Waals surface area contributed by atoms with Crippen LogP contribution in [-0.4, -0.2) is 42.4 Å². The van der Waals surface area contributed by atoms with Crippen molar-refractivity contribution in [3.63, 3.8) is 0 Å². The van der Waals surface area contributed by atoms with Crippen LogP contribution in [0.3, 0.4) is 0 Å². The highest BCUT2D eigenvalue weighted by Crippen LogP contribution is 2.40. The van der Waals surface area contributed by atoms with Gasteiger partial charge in [-0.1, -0.05) is 18.8 Å². The second-order valence-corrected chi connectivity index (χ2v) is 11.4. The quantitative estimate of drug-likeness (QED) is 0.400. The van der Waals surface area contributed by atoms with Gasteiger partial charge < -0.3 is 14.7 Å². The maximum atomic E-state index is 13.8. The lowest BCUT2D eigenvalue weighted by atomic mass is 9.81. The van der Waals surface area contributed by atoms with E-state index in [1.165, 1.54) is 7.11 Å². The molecular weight excluding hydrogens is 479 g/mol. The summed E-state index contributed by atoms with van der Waals surface area (Å²) in [6.07, 6.45) is 0.728. The molecule has 9 heteroatoms. The number of alkyl halides is 3. The summed E-state index contributed by atoms with van der Waals surface area (Å²) in [7, 11) is 1.23. The summed E-state index contributed by atoms with van der Waals surface area (Å²) in [5, 5.41) is 10.0. The van der Waals surface area contributed by atoms with Crippen LogP contribution in [0.25, 0.3) is 0 Å². The van der Waals surface area contributed by atoms with Gasteiger partial charge in [-0.2, -0.15) is 13.2 Å². The third-order valence-electron chi connectivity index (χ3n) is 7.18. The summed E-state index contributed by atoms with van der Waals surface area (Å²) >= 11 is 0.942. The smallest absolute Gasteiger partial charge is 0.404 e. The summed E-state index contributed by atoms with van der Waals surface area (Å²) in [6.45, 7) is 4.18. The number of halogens is 3. The first-order valence-electron chi connectivity index (χ1n) is 12.2. The molecule has 1 aromatic rings. The maximum absolute atomic E-state index is 13.8. The lowest BCUT2D eigenvalue weighted by Crippen LogP contribution is -2.47. The number of esters is 1. The number of carbonyl (C=O) groups is 2. The van der Waals surface area contributed by atoms with Gasteiger partial charge in [-0.25, -0.2) is 4.79 Å². The second-order valence-electron chi connectivity index (χ2n) is 10.3. The Morgan fingerprint density at radius 1 is 1.09 bits per heavy atom. The van der Waals surface area contributed by atoms with Crippen molar-refractivity contribution in [1.29, 1.82) is 0 Å². The van der Waals surface area contributed by atoms with Gasteiger partial charge in [-0.3, -0.25) is 4.79 Å². The summed E-state index contributed by atoms with van der Waals surface area (Å²) in [5.41, 5.74) is -1.88. The van der Waals surface area contributed by atoms with Crippen molar-refractivity contribution in [2.75, 3.05) is 12.0 Å². The van der Waals surface area contributed by atoms with E-state index >= 15 is 0 Å². The SMILES string of the molecule is COC(=O)c1sc(C#CC(C)(C)C(F)(F)F)cc1N(C(=O)C1CCC(C)CC1)C1CCC(O)CC1. The second kappa shape index (κ2) is 10.9. The van der Waals surface area contributed by atoms with E-state index in [9.17, 15) is 27.9 Å². The van der Waals surface area contributed by atoms with E-state index in [1.54, 1.807) is 11.0 Å². The number of aliphatic hydroxyl groups is 1. The highest BCUT2D eigenvalue weighted by atomic mass is 32.1. The maximum Gasteiger partial charge on any atom is 0.404 e. The molecule has 2 saturated carbocycles. The zero-order chi connectivity index (χ0) is 26.0. The number of carbonyl (C=O) groups excluding carboxylic acids is 2. The number of methoxy groups -OCH3 is 1. The number of anilines is 1. The summed E-state index contributed by atoms with van der Waals surface area (Å²) in [5.74, 6) is 4.52. The zero-order valence-corrected chi connectivity index (χ0v) is 21.5. The molecule has 1 N–H and O–H groups in total. The Hall–Kier alpha value is -2.05. The van der Waals surface area contributed by atoms with Gasteiger partial charge in [0.2, 0.25) is 5.91 Å². The van der Waals surface area contributed by atoms with Gasteiger partial charge in [0.25, 0.3) is 0 Å². The molecular formula is C26H34F3NO4S. The molecule has 0 radical (unpaired) electrons. The molecule has 1 heterocycles. The van der Waals surface area contributed by atoms with Crippen LogP contribution in [0.2, 0.25) is 0 Å². The molecule has 0 spiro atoms. The Balaban J connectivity index is 2.04. The van der Waals surface area contributed by atoms with Crippen molar-refractivity contribution in [2.45, 2.75) is 90.5 Å². The van der Waals surface area contributed by atoms with Gasteiger partial charge in [0, 0.05) is 12.0 Å². The van der Waals surface area contributed by atoms with Gasteiger partial charge in [0.05, 0.1) is 23.8 Å². The van der Waals surface area contributed by atoms with Gasteiger partial charge in [-0.05, 0) is 77.2 Å². The summed E-state index contributed by atoms with van der Waals surface area (Å²) < 4.78 is 44.8. The van der Waals surface area contributed by atoms with Gasteiger partial charge in [0.15, 0.2) is 0 Å². The van der Waals surface area contributed by atoms with E-state index in [1.807, 2.05) is 0 Å². The molecule has 1 aromatic heterocycles. The molecule has 2 fully saturated rings. The van der Waals surface area contributed by atoms with Crippen molar-refractivity contribution in [2.24, 2.45) is 17.3 Å². The predicted octanol–water partition coefficient (Wildman–Crippen LogP) is 5.94. The average molecular weight is 514 g/mol. The summed E-state index contributed by atoms with van der Waals surface area (Å²) in [6, 6.07) is 1.33. The van der Waals surface area contributed by atoms with Crippen LogP contribution >= 0.6 is 11.3 Å². The molecule has 0 atom stereocenters. The number of hydrogen-bond donors (Lipinski definition) is 1. The Morgan fingerprint density at radius 2 is 1.69 bits per heavy atom. The monoisotopic (exact) mass is 513 g/mol. The topological polar surface area (TPSA) is 66.8 Å². The summed E-state index contributed by atoms with van der Waals surface area (Å²) in [4.78, 5) is 28.6. The van der Waals surface area contributed by atoms with Crippen LogP contribution in [0.15, 0.2) is 6.07 Å². The fourth-order valence-corrected chi connectivity index (χ4v) is 5.59. The van der Waals surface area contributed by atoms with Gasteiger partial charge in [-0.15, -0.1) is 11.3 Å². The lowest BCUT2D eigenvalue weighted by Gasteiger charge is -2.38. The standard InChI is InChI=1S/C26H34F3NO4S/c1-16-5-7-17(8-6-16)23(32)30(18-9-11-19(31)12-10-18)21-15-20(35-22(21)24(33)34-4)13-14-25(2,3)26(27,28)29/h15-19,31H,5-12H2,1-4H3. The highest BCUT2D eigenvalue weighted by molar-refractivity contribution is 7.15. The molecule has 35 heavy (non-hydrogen) atoms. The van der Waals surface area contributed by atoms with Crippen LogP contribution in [0.4, 0.5) is 18.9 Å². The Kier molecular flexibility index (Phi) is 8.59. The first-order chi connectivity index (χ1) is 16.3. The average Bonchev–Trinajstić information content (AvgIpc) is 3.22. The van der Waals surface area contributed by atoms with E-state index in [0.29, 0.717) is 37.3 Å². The first-order valence-corrected chi connectivity index (χ1v) is 13.0. The Labute approximate surface area is 209 Å². The number of amides is 1. The predicted molar refractivity (Wildman–Crippen MR) is 129 cm³/mol. The Morgan fingerprint density at radius 3 is 2.23 bits per heavy atom. The molecule has 1 amide bonds. The lowest BCUT2D eigenvalue weighted by molar-refractivity contribution is -0.190. The van der Waals surface area contributed by atoms with Crippen molar-refractivity contribution < 1.29 is 32.6 Å². The van der Waals surface area contributed by atoms with E-state index < -0.39 is 23.7 Å². The van der Waals surface area contributed by atoms with Crippen LogP contribution in [-0.2, 0) is 9.53 Å². The number of thiophene rings is 1. The normalized spacial score (nSPS) is 25.4. The van der Waals surface area contributed by atoms with Crippen molar-refractivity contribution in [1.82, 2.24) is 0 Å². The van der Waals surface area contributed by atoms with Crippen molar-refractivity contribution >= 4 is 28.9 Å². The molecule has 0 saturated heterocycles. The van der Waals surface area contributed by atoms with Crippen LogP contribution < -0.4 is 4.90 Å². The minimum Gasteiger partial charge on any atom is -0.465 e. The van der Waals surface area contributed by atoms with Gasteiger partial charge >= 0.3 is 12.1 Å². The van der Waals surface area contributed by atoms with E-state index in [4.69, 9.17) is 4.74 Å². The third-order valence-corrected chi connectivity index (χ3v) is 8.20. The molecule has 194 valence electrons. The van der Waals surface area contributed by atoms with Crippen LogP contribution in [0.1, 0.15) is 86.7 Å². The molecule has 2 aliphatic carbocycles. The van der Waals surface area contributed by atoms with E-state index in [0.717, 1.165) is 50.9 Å². The first kappa shape index (κ1) is 27.5. The fraction of sp³-hybridized carbons (Fsp3) is 0.692. The molecule has 0 unspecified atom stereocenters. The molecule has 3 rings (SSSR count). The minimum atomic E-state index is -4.51. The highest BCUT2D eigenvalue weighted by Gasteiger charge is 2.46. The molecule has 2 aliphatic rings. The number of aliphatic hydroxyl groups excluding tert-OH is 1. The molecule has 0 bridgehead atoms. The van der Waals surface area contributed by atoms with E-state index in [2.05, 4.69) is 18.8 Å². The van der Waals surface area contributed by atoms with Crippen LogP contribution in [0, 0.1) is 29.1 Å². The van der Waals surface area contributed by atoms with Crippen molar-refractivity contribution in [3.8, 4) is 11.8 Å². The number of nitrogens with zero attached hydrogens (tertiary/aromatic N) is 1. The Bertz CT molecular complexity index is 975. The van der Waals surface area contributed by atoms with E-state index in [-0.39, 0.29) is 27.6 Å². The number of ether oxygens (including phenoxy) is 1.